The molecule has 5 nitrogen and oxygen atoms in total. The third-order valence-electron chi connectivity index (χ3n) is 9.38. The van der Waals surface area contributed by atoms with Crippen molar-refractivity contribution >= 4 is 57.3 Å². The molecule has 0 atom stereocenters. The summed E-state index contributed by atoms with van der Waals surface area (Å²) in [5.74, 6) is 2.59. The molecule has 0 aliphatic carbocycles. The number of aromatic nitrogens is 2. The molecular formula is C37H36N4OSi. The molecule has 6 heteroatoms. The van der Waals surface area contributed by atoms with Gasteiger partial charge in [-0.1, -0.05) is 70.3 Å². The molecule has 214 valence electrons. The molecule has 4 heterocycles. The number of fused-ring (bicyclic) bond motifs is 5. The van der Waals surface area contributed by atoms with E-state index < -0.39 is 8.07 Å². The summed E-state index contributed by atoms with van der Waals surface area (Å²) in [6.45, 7) is 12.5. The molecule has 0 N–H and O–H groups in total. The SMILES string of the molecule is CN1CN2c3cc(Oc4ccc5c6ccccc6n(-c6cc(C(C)(C)C)ccn6)c5c4)ccc3[Si](C)(C)c3cccc1c32. The van der Waals surface area contributed by atoms with Gasteiger partial charge >= 0.3 is 0 Å². The van der Waals surface area contributed by atoms with Crippen molar-refractivity contribution in [3.8, 4) is 17.3 Å². The highest BCUT2D eigenvalue weighted by Gasteiger charge is 2.42. The van der Waals surface area contributed by atoms with Crippen LogP contribution in [0.4, 0.5) is 17.1 Å². The summed E-state index contributed by atoms with van der Waals surface area (Å²) in [6, 6.07) is 32.8. The Morgan fingerprint density at radius 1 is 0.744 bits per heavy atom. The summed E-state index contributed by atoms with van der Waals surface area (Å²) < 4.78 is 8.92. The molecule has 0 bridgehead atoms. The summed E-state index contributed by atoms with van der Waals surface area (Å²) in [7, 11) is 0.321. The fourth-order valence-electron chi connectivity index (χ4n) is 7.06. The van der Waals surface area contributed by atoms with E-state index in [1.54, 1.807) is 0 Å². The maximum atomic E-state index is 6.65. The molecule has 43 heavy (non-hydrogen) atoms. The van der Waals surface area contributed by atoms with Crippen LogP contribution in [-0.2, 0) is 5.41 Å². The summed E-state index contributed by atoms with van der Waals surface area (Å²) in [5, 5.41) is 5.37. The molecule has 0 radical (unpaired) electrons. The maximum Gasteiger partial charge on any atom is 0.137 e. The Labute approximate surface area is 254 Å². The number of rotatable bonds is 3. The first-order valence-corrected chi connectivity index (χ1v) is 18.1. The van der Waals surface area contributed by atoms with Crippen molar-refractivity contribution in [3.05, 3.63) is 103 Å². The number of ether oxygens (including phenoxy) is 1. The van der Waals surface area contributed by atoms with Crippen molar-refractivity contribution in [2.45, 2.75) is 39.3 Å². The monoisotopic (exact) mass is 580 g/mol. The van der Waals surface area contributed by atoms with E-state index in [9.17, 15) is 0 Å². The molecule has 0 spiro atoms. The van der Waals surface area contributed by atoms with E-state index in [0.29, 0.717) is 0 Å². The van der Waals surface area contributed by atoms with Gasteiger partial charge in [-0.15, -0.1) is 0 Å². The second kappa shape index (κ2) is 8.98. The highest BCUT2D eigenvalue weighted by molar-refractivity contribution is 7.02. The van der Waals surface area contributed by atoms with Gasteiger partial charge in [0.05, 0.1) is 29.1 Å². The van der Waals surface area contributed by atoms with Crippen molar-refractivity contribution in [1.82, 2.24) is 9.55 Å². The lowest BCUT2D eigenvalue weighted by Crippen LogP contribution is -2.58. The minimum Gasteiger partial charge on any atom is -0.457 e. The van der Waals surface area contributed by atoms with Crippen molar-refractivity contribution in [1.29, 1.82) is 0 Å². The Hall–Kier alpha value is -4.55. The van der Waals surface area contributed by atoms with Gasteiger partial charge in [0.25, 0.3) is 0 Å². The lowest BCUT2D eigenvalue weighted by Gasteiger charge is -2.38. The maximum absolute atomic E-state index is 6.65. The Morgan fingerprint density at radius 3 is 2.35 bits per heavy atom. The molecule has 2 aliphatic heterocycles. The van der Waals surface area contributed by atoms with Crippen LogP contribution >= 0.6 is 0 Å². The molecule has 0 saturated heterocycles. The van der Waals surface area contributed by atoms with Crippen molar-refractivity contribution in [3.63, 3.8) is 0 Å². The zero-order valence-electron chi connectivity index (χ0n) is 25.6. The molecule has 0 unspecified atom stereocenters. The van der Waals surface area contributed by atoms with Crippen LogP contribution in [0.5, 0.6) is 11.5 Å². The molecule has 6 aromatic rings. The molecule has 2 aromatic heterocycles. The van der Waals surface area contributed by atoms with E-state index >= 15 is 0 Å². The van der Waals surface area contributed by atoms with Crippen LogP contribution in [0.3, 0.4) is 0 Å². The van der Waals surface area contributed by atoms with Gasteiger partial charge in [0, 0.05) is 41.8 Å². The van der Waals surface area contributed by atoms with E-state index in [1.807, 2.05) is 6.20 Å². The number of hydrogen-bond donors (Lipinski definition) is 0. The average Bonchev–Trinajstić information content (AvgIpc) is 3.50. The quantitative estimate of drug-likeness (QED) is 0.199. The first kappa shape index (κ1) is 26.1. The normalized spacial score (nSPS) is 15.2. The fourth-order valence-corrected chi connectivity index (χ4v) is 10.1. The lowest BCUT2D eigenvalue weighted by atomic mass is 9.88. The van der Waals surface area contributed by atoms with E-state index in [4.69, 9.17) is 9.72 Å². The molecular weight excluding hydrogens is 545 g/mol. The van der Waals surface area contributed by atoms with E-state index in [2.05, 4.69) is 146 Å². The predicted octanol–water partition coefficient (Wildman–Crippen LogP) is 7.95. The molecule has 0 fully saturated rings. The first-order valence-electron chi connectivity index (χ1n) is 15.1. The highest BCUT2D eigenvalue weighted by Crippen LogP contribution is 2.44. The summed E-state index contributed by atoms with van der Waals surface area (Å²) >= 11 is 0. The Balaban J connectivity index is 1.24. The van der Waals surface area contributed by atoms with E-state index in [0.717, 1.165) is 35.0 Å². The Kier molecular flexibility index (Phi) is 5.45. The predicted molar refractivity (Wildman–Crippen MR) is 182 cm³/mol. The third kappa shape index (κ3) is 3.86. The Bertz CT molecular complexity index is 2090. The molecule has 2 aliphatic rings. The number of hydrogen-bond acceptors (Lipinski definition) is 4. The smallest absolute Gasteiger partial charge is 0.137 e. The van der Waals surface area contributed by atoms with Gasteiger partial charge in [0.2, 0.25) is 0 Å². The summed E-state index contributed by atoms with van der Waals surface area (Å²) in [6.07, 6.45) is 1.92. The number of para-hydroxylation sites is 2. The number of pyridine rings is 1. The Morgan fingerprint density at radius 2 is 1.51 bits per heavy atom. The van der Waals surface area contributed by atoms with Crippen LogP contribution in [0.2, 0.25) is 13.1 Å². The third-order valence-corrected chi connectivity index (χ3v) is 12.9. The lowest BCUT2D eigenvalue weighted by molar-refractivity contribution is 0.483. The van der Waals surface area contributed by atoms with Gasteiger partial charge < -0.3 is 14.5 Å². The van der Waals surface area contributed by atoms with E-state index in [1.165, 1.54) is 43.8 Å². The summed E-state index contributed by atoms with van der Waals surface area (Å²) in [5.41, 5.74) is 7.48. The zero-order valence-corrected chi connectivity index (χ0v) is 26.6. The van der Waals surface area contributed by atoms with Crippen molar-refractivity contribution in [2.75, 3.05) is 23.5 Å². The van der Waals surface area contributed by atoms with Gasteiger partial charge in [0.1, 0.15) is 25.4 Å². The second-order valence-corrected chi connectivity index (χ2v) is 17.9. The van der Waals surface area contributed by atoms with Crippen LogP contribution in [0, 0.1) is 0 Å². The van der Waals surface area contributed by atoms with Crippen LogP contribution in [0.1, 0.15) is 26.3 Å². The van der Waals surface area contributed by atoms with Crippen molar-refractivity contribution < 1.29 is 4.74 Å². The van der Waals surface area contributed by atoms with Crippen LogP contribution in [0.25, 0.3) is 27.6 Å². The number of benzene rings is 4. The standard InChI is InChI=1S/C37H36N4OSi/c1-37(2,3)24-18-19-38-35(20-24)41-29-11-8-7-10-27(29)28-16-14-25(21-31(28)41)42-26-15-17-33-32(22-26)40-23-39(4)30-12-9-13-34(36(30)40)43(33,5)6/h7-22H,23H2,1-6H3. The van der Waals surface area contributed by atoms with Gasteiger partial charge in [-0.25, -0.2) is 4.98 Å². The van der Waals surface area contributed by atoms with Crippen LogP contribution < -0.4 is 24.9 Å². The average molecular weight is 581 g/mol. The zero-order chi connectivity index (χ0) is 29.7. The van der Waals surface area contributed by atoms with Crippen LogP contribution in [-0.4, -0.2) is 31.3 Å². The first-order chi connectivity index (χ1) is 20.6. The fraction of sp³-hybridized carbons (Fsp3) is 0.216. The minimum absolute atomic E-state index is 0.0278. The molecule has 0 amide bonds. The largest absolute Gasteiger partial charge is 0.457 e. The van der Waals surface area contributed by atoms with Gasteiger partial charge in [0.15, 0.2) is 0 Å². The number of anilines is 3. The molecule has 0 saturated carbocycles. The van der Waals surface area contributed by atoms with Gasteiger partial charge in [-0.05, 0) is 63.8 Å². The second-order valence-electron chi connectivity index (χ2n) is 13.5. The molecule has 8 rings (SSSR count). The summed E-state index contributed by atoms with van der Waals surface area (Å²) in [4.78, 5) is 9.66. The van der Waals surface area contributed by atoms with E-state index in [-0.39, 0.29) is 5.41 Å². The highest BCUT2D eigenvalue weighted by atomic mass is 28.3. The van der Waals surface area contributed by atoms with Crippen molar-refractivity contribution in [2.24, 2.45) is 0 Å². The molecule has 4 aromatic carbocycles. The van der Waals surface area contributed by atoms with Gasteiger partial charge in [-0.3, -0.25) is 4.57 Å². The number of nitrogens with zero attached hydrogens (tertiary/aromatic N) is 4. The van der Waals surface area contributed by atoms with Gasteiger partial charge in [-0.2, -0.15) is 0 Å². The minimum atomic E-state index is -1.86. The topological polar surface area (TPSA) is 33.5 Å². The van der Waals surface area contributed by atoms with Crippen LogP contribution in [0.15, 0.2) is 97.2 Å².